The third-order valence-electron chi connectivity index (χ3n) is 3.82. The minimum atomic E-state index is -0.0701. The third kappa shape index (κ3) is 5.07. The van der Waals surface area contributed by atoms with Crippen LogP contribution in [-0.4, -0.2) is 24.0 Å². The molecular weight excluding hydrogens is 212 g/mol. The number of hydrogen-bond acceptors (Lipinski definition) is 2. The van der Waals surface area contributed by atoms with Gasteiger partial charge in [-0.15, -0.1) is 0 Å². The smallest absolute Gasteiger partial charge is 0.237 e. The zero-order valence-electron chi connectivity index (χ0n) is 11.8. The Bertz CT molecular complexity index is 242. The van der Waals surface area contributed by atoms with Gasteiger partial charge in [0, 0.05) is 12.1 Å². The predicted molar refractivity (Wildman–Crippen MR) is 71.9 cm³/mol. The van der Waals surface area contributed by atoms with Crippen molar-refractivity contribution in [2.24, 2.45) is 5.92 Å². The minimum absolute atomic E-state index is 0.0701. The Morgan fingerprint density at radius 1 is 1.35 bits per heavy atom. The molecule has 1 aliphatic rings. The van der Waals surface area contributed by atoms with E-state index in [4.69, 9.17) is 0 Å². The first-order valence-corrected chi connectivity index (χ1v) is 7.09. The molecule has 0 spiro atoms. The molecule has 0 aliphatic heterocycles. The van der Waals surface area contributed by atoms with Crippen molar-refractivity contribution in [2.75, 3.05) is 0 Å². The number of carbonyl (C=O) groups excluding carboxylic acids is 1. The average molecular weight is 240 g/mol. The first kappa shape index (κ1) is 14.5. The van der Waals surface area contributed by atoms with Crippen LogP contribution in [0.25, 0.3) is 0 Å². The fourth-order valence-corrected chi connectivity index (χ4v) is 2.48. The zero-order valence-corrected chi connectivity index (χ0v) is 11.8. The van der Waals surface area contributed by atoms with E-state index in [0.717, 1.165) is 12.3 Å². The van der Waals surface area contributed by atoms with Gasteiger partial charge in [0.15, 0.2) is 0 Å². The Labute approximate surface area is 106 Å². The summed E-state index contributed by atoms with van der Waals surface area (Å²) in [7, 11) is 0. The zero-order chi connectivity index (χ0) is 12.8. The lowest BCUT2D eigenvalue weighted by atomic mass is 9.87. The maximum atomic E-state index is 11.9. The van der Waals surface area contributed by atoms with E-state index in [0.29, 0.717) is 6.04 Å². The van der Waals surface area contributed by atoms with E-state index in [2.05, 4.69) is 24.5 Å². The molecule has 1 saturated carbocycles. The molecule has 1 amide bonds. The van der Waals surface area contributed by atoms with Crippen molar-refractivity contribution in [1.29, 1.82) is 0 Å². The topological polar surface area (TPSA) is 41.1 Å². The van der Waals surface area contributed by atoms with E-state index in [1.54, 1.807) is 0 Å². The summed E-state index contributed by atoms with van der Waals surface area (Å²) in [6, 6.07) is 0.729. The van der Waals surface area contributed by atoms with Crippen molar-refractivity contribution in [3.05, 3.63) is 0 Å². The number of nitrogens with one attached hydrogen (secondary N) is 2. The summed E-state index contributed by atoms with van der Waals surface area (Å²) in [5, 5.41) is 6.50. The van der Waals surface area contributed by atoms with Crippen LogP contribution in [0.3, 0.4) is 0 Å². The molecule has 3 nitrogen and oxygen atoms in total. The van der Waals surface area contributed by atoms with Crippen LogP contribution < -0.4 is 10.6 Å². The van der Waals surface area contributed by atoms with Crippen molar-refractivity contribution >= 4 is 5.91 Å². The van der Waals surface area contributed by atoms with E-state index in [1.807, 2.05) is 13.8 Å². The van der Waals surface area contributed by atoms with Crippen LogP contribution >= 0.6 is 0 Å². The molecule has 2 N–H and O–H groups in total. The lowest BCUT2D eigenvalue weighted by Gasteiger charge is -2.30. The van der Waals surface area contributed by atoms with Gasteiger partial charge in [-0.25, -0.2) is 0 Å². The SMILES string of the molecule is CCC(C)NC(=O)C(C)NC1CCCC(C)C1. The Balaban J connectivity index is 2.32. The van der Waals surface area contributed by atoms with E-state index in [-0.39, 0.29) is 18.0 Å². The van der Waals surface area contributed by atoms with Crippen LogP contribution in [0.2, 0.25) is 0 Å². The lowest BCUT2D eigenvalue weighted by Crippen LogP contribution is -2.49. The highest BCUT2D eigenvalue weighted by Gasteiger charge is 2.23. The van der Waals surface area contributed by atoms with Crippen LogP contribution in [0.5, 0.6) is 0 Å². The van der Waals surface area contributed by atoms with Gasteiger partial charge < -0.3 is 10.6 Å². The summed E-state index contributed by atoms with van der Waals surface area (Å²) in [5.41, 5.74) is 0. The summed E-state index contributed by atoms with van der Waals surface area (Å²) < 4.78 is 0. The van der Waals surface area contributed by atoms with Crippen LogP contribution in [0.15, 0.2) is 0 Å². The van der Waals surface area contributed by atoms with Gasteiger partial charge in [0.05, 0.1) is 6.04 Å². The second-order valence-electron chi connectivity index (χ2n) is 5.67. The summed E-state index contributed by atoms with van der Waals surface area (Å²) in [4.78, 5) is 11.9. The molecule has 0 saturated heterocycles. The largest absolute Gasteiger partial charge is 0.352 e. The van der Waals surface area contributed by atoms with Gasteiger partial charge in [0.2, 0.25) is 5.91 Å². The van der Waals surface area contributed by atoms with Gasteiger partial charge >= 0.3 is 0 Å². The molecule has 4 atom stereocenters. The Morgan fingerprint density at radius 2 is 2.06 bits per heavy atom. The lowest BCUT2D eigenvalue weighted by molar-refractivity contribution is -0.123. The number of rotatable bonds is 5. The molecule has 0 aromatic rings. The highest BCUT2D eigenvalue weighted by Crippen LogP contribution is 2.23. The van der Waals surface area contributed by atoms with Crippen molar-refractivity contribution in [3.63, 3.8) is 0 Å². The molecule has 1 fully saturated rings. The molecule has 1 rings (SSSR count). The van der Waals surface area contributed by atoms with Crippen molar-refractivity contribution in [3.8, 4) is 0 Å². The highest BCUT2D eigenvalue weighted by molar-refractivity contribution is 5.81. The molecule has 0 heterocycles. The maximum Gasteiger partial charge on any atom is 0.237 e. The third-order valence-corrected chi connectivity index (χ3v) is 3.82. The fourth-order valence-electron chi connectivity index (χ4n) is 2.48. The predicted octanol–water partition coefficient (Wildman–Crippen LogP) is 2.46. The van der Waals surface area contributed by atoms with Gasteiger partial charge in [-0.3, -0.25) is 4.79 Å². The molecule has 0 aromatic heterocycles. The first-order valence-electron chi connectivity index (χ1n) is 7.09. The molecule has 1 aliphatic carbocycles. The first-order chi connectivity index (χ1) is 8.02. The number of amides is 1. The van der Waals surface area contributed by atoms with Crippen molar-refractivity contribution in [1.82, 2.24) is 10.6 Å². The summed E-state index contributed by atoms with van der Waals surface area (Å²) in [6.45, 7) is 8.41. The van der Waals surface area contributed by atoms with Crippen LogP contribution in [0.1, 0.15) is 59.8 Å². The number of hydrogen-bond donors (Lipinski definition) is 2. The molecule has 100 valence electrons. The molecule has 3 heteroatoms. The van der Waals surface area contributed by atoms with Crippen LogP contribution in [0.4, 0.5) is 0 Å². The monoisotopic (exact) mass is 240 g/mol. The summed E-state index contributed by atoms with van der Waals surface area (Å²) >= 11 is 0. The van der Waals surface area contributed by atoms with E-state index < -0.39 is 0 Å². The summed E-state index contributed by atoms with van der Waals surface area (Å²) in [6.07, 6.45) is 6.04. The van der Waals surface area contributed by atoms with Crippen LogP contribution in [0, 0.1) is 5.92 Å². The second kappa shape index (κ2) is 7.00. The van der Waals surface area contributed by atoms with E-state index >= 15 is 0 Å². The minimum Gasteiger partial charge on any atom is -0.352 e. The maximum absolute atomic E-state index is 11.9. The highest BCUT2D eigenvalue weighted by atomic mass is 16.2. The van der Waals surface area contributed by atoms with Crippen molar-refractivity contribution < 1.29 is 4.79 Å². The molecule has 0 aromatic carbocycles. The molecule has 0 radical (unpaired) electrons. The molecule has 17 heavy (non-hydrogen) atoms. The summed E-state index contributed by atoms with van der Waals surface area (Å²) in [5.74, 6) is 0.934. The normalized spacial score (nSPS) is 28.5. The molecule has 4 unspecified atom stereocenters. The Kier molecular flexibility index (Phi) is 5.96. The van der Waals surface area contributed by atoms with Gasteiger partial charge in [-0.05, 0) is 39.0 Å². The van der Waals surface area contributed by atoms with Gasteiger partial charge in [-0.2, -0.15) is 0 Å². The number of carbonyl (C=O) groups is 1. The van der Waals surface area contributed by atoms with Gasteiger partial charge in [-0.1, -0.05) is 26.7 Å². The fraction of sp³-hybridized carbons (Fsp3) is 0.929. The van der Waals surface area contributed by atoms with E-state index in [1.165, 1.54) is 25.7 Å². The average Bonchev–Trinajstić information content (AvgIpc) is 2.28. The van der Waals surface area contributed by atoms with Gasteiger partial charge in [0.25, 0.3) is 0 Å². The Hall–Kier alpha value is -0.570. The second-order valence-corrected chi connectivity index (χ2v) is 5.67. The quantitative estimate of drug-likeness (QED) is 0.775. The molecule has 0 bridgehead atoms. The Morgan fingerprint density at radius 3 is 2.65 bits per heavy atom. The molecular formula is C14H28N2O. The standard InChI is InChI=1S/C14H28N2O/c1-5-11(3)15-14(17)12(4)16-13-8-6-7-10(2)9-13/h10-13,16H,5-9H2,1-4H3,(H,15,17). The van der Waals surface area contributed by atoms with E-state index in [9.17, 15) is 4.79 Å². The van der Waals surface area contributed by atoms with Gasteiger partial charge in [0.1, 0.15) is 0 Å². The van der Waals surface area contributed by atoms with Crippen LogP contribution in [-0.2, 0) is 4.79 Å². The van der Waals surface area contributed by atoms with Crippen molar-refractivity contribution in [2.45, 2.75) is 77.9 Å².